The van der Waals surface area contributed by atoms with Crippen LogP contribution < -0.4 is 9.64 Å². The fourth-order valence-electron chi connectivity index (χ4n) is 3.29. The first-order chi connectivity index (χ1) is 12.8. The Morgan fingerprint density at radius 2 is 1.65 bits per heavy atom. The molecule has 0 amide bonds. The van der Waals surface area contributed by atoms with Gasteiger partial charge in [0.1, 0.15) is 5.75 Å². The van der Waals surface area contributed by atoms with Crippen LogP contribution in [0.5, 0.6) is 5.75 Å². The van der Waals surface area contributed by atoms with Crippen molar-refractivity contribution in [3.05, 3.63) is 60.2 Å². The van der Waals surface area contributed by atoms with Crippen LogP contribution in [0.2, 0.25) is 0 Å². The quantitative estimate of drug-likeness (QED) is 0.533. The SMILES string of the molecule is CCC(=O)c1ccc(OCCCN2CCN(c3ccccc3)CC2)cc1. The number of piperazine rings is 1. The van der Waals surface area contributed by atoms with E-state index in [1.54, 1.807) is 0 Å². The minimum absolute atomic E-state index is 0.172. The fraction of sp³-hybridized carbons (Fsp3) is 0.409. The van der Waals surface area contributed by atoms with Crippen molar-refractivity contribution in [3.8, 4) is 5.75 Å². The molecule has 0 bridgehead atoms. The highest BCUT2D eigenvalue weighted by atomic mass is 16.5. The highest BCUT2D eigenvalue weighted by molar-refractivity contribution is 5.95. The van der Waals surface area contributed by atoms with Crippen molar-refractivity contribution in [1.29, 1.82) is 0 Å². The summed E-state index contributed by atoms with van der Waals surface area (Å²) in [5, 5.41) is 0. The van der Waals surface area contributed by atoms with Crippen molar-refractivity contribution in [2.24, 2.45) is 0 Å². The van der Waals surface area contributed by atoms with Gasteiger partial charge in [0.25, 0.3) is 0 Å². The maximum Gasteiger partial charge on any atom is 0.162 e. The summed E-state index contributed by atoms with van der Waals surface area (Å²) >= 11 is 0. The zero-order valence-corrected chi connectivity index (χ0v) is 15.6. The average Bonchev–Trinajstić information content (AvgIpc) is 2.72. The van der Waals surface area contributed by atoms with Gasteiger partial charge in [-0.1, -0.05) is 25.1 Å². The van der Waals surface area contributed by atoms with E-state index in [1.165, 1.54) is 5.69 Å². The lowest BCUT2D eigenvalue weighted by Crippen LogP contribution is -2.46. The molecule has 1 saturated heterocycles. The van der Waals surface area contributed by atoms with Crippen molar-refractivity contribution in [2.75, 3.05) is 44.2 Å². The fourth-order valence-corrected chi connectivity index (χ4v) is 3.29. The van der Waals surface area contributed by atoms with E-state index in [0.29, 0.717) is 13.0 Å². The molecule has 0 aromatic heterocycles. The molecule has 0 aliphatic carbocycles. The third kappa shape index (κ3) is 5.09. The zero-order valence-electron chi connectivity index (χ0n) is 15.6. The summed E-state index contributed by atoms with van der Waals surface area (Å²) < 4.78 is 5.81. The van der Waals surface area contributed by atoms with E-state index < -0.39 is 0 Å². The van der Waals surface area contributed by atoms with Crippen molar-refractivity contribution in [3.63, 3.8) is 0 Å². The van der Waals surface area contributed by atoms with E-state index in [2.05, 4.69) is 40.1 Å². The number of carbonyl (C=O) groups is 1. The summed E-state index contributed by atoms with van der Waals surface area (Å²) in [4.78, 5) is 16.6. The van der Waals surface area contributed by atoms with Crippen LogP contribution in [-0.4, -0.2) is 50.0 Å². The van der Waals surface area contributed by atoms with Gasteiger partial charge in [-0.15, -0.1) is 0 Å². The van der Waals surface area contributed by atoms with Crippen molar-refractivity contribution >= 4 is 11.5 Å². The molecule has 0 atom stereocenters. The van der Waals surface area contributed by atoms with Crippen molar-refractivity contribution in [2.45, 2.75) is 19.8 Å². The lowest BCUT2D eigenvalue weighted by Gasteiger charge is -2.36. The van der Waals surface area contributed by atoms with Crippen LogP contribution in [0.1, 0.15) is 30.1 Å². The number of nitrogens with zero attached hydrogens (tertiary/aromatic N) is 2. The van der Waals surface area contributed by atoms with E-state index in [1.807, 2.05) is 31.2 Å². The summed E-state index contributed by atoms with van der Waals surface area (Å²) in [5.41, 5.74) is 2.08. The topological polar surface area (TPSA) is 32.8 Å². The Kier molecular flexibility index (Phi) is 6.67. The van der Waals surface area contributed by atoms with Crippen LogP contribution in [0.25, 0.3) is 0 Å². The molecule has 0 unspecified atom stereocenters. The molecule has 2 aromatic carbocycles. The molecule has 1 aliphatic rings. The molecule has 1 fully saturated rings. The molecule has 0 saturated carbocycles. The van der Waals surface area contributed by atoms with Crippen molar-refractivity contribution < 1.29 is 9.53 Å². The van der Waals surface area contributed by atoms with Crippen LogP contribution in [-0.2, 0) is 0 Å². The summed E-state index contributed by atoms with van der Waals surface area (Å²) in [6.45, 7) is 8.02. The number of carbonyl (C=O) groups excluding carboxylic acids is 1. The third-order valence-corrected chi connectivity index (χ3v) is 4.88. The molecular weight excluding hydrogens is 324 g/mol. The van der Waals surface area contributed by atoms with E-state index in [0.717, 1.165) is 50.5 Å². The Bertz CT molecular complexity index is 677. The molecule has 138 valence electrons. The highest BCUT2D eigenvalue weighted by Gasteiger charge is 2.16. The van der Waals surface area contributed by atoms with Gasteiger partial charge >= 0.3 is 0 Å². The molecule has 0 N–H and O–H groups in total. The first kappa shape index (κ1) is 18.5. The Hall–Kier alpha value is -2.33. The van der Waals surface area contributed by atoms with Gasteiger partial charge in [-0.05, 0) is 42.8 Å². The molecule has 1 aliphatic heterocycles. The van der Waals surface area contributed by atoms with Crippen LogP contribution in [0.15, 0.2) is 54.6 Å². The number of hydrogen-bond acceptors (Lipinski definition) is 4. The number of Topliss-reactive ketones (excluding diaryl/α,β-unsaturated/α-hetero) is 1. The first-order valence-corrected chi connectivity index (χ1v) is 9.54. The third-order valence-electron chi connectivity index (χ3n) is 4.88. The normalized spacial score (nSPS) is 15.0. The second-order valence-electron chi connectivity index (χ2n) is 6.67. The van der Waals surface area contributed by atoms with Gasteiger partial charge in [-0.2, -0.15) is 0 Å². The second-order valence-corrected chi connectivity index (χ2v) is 6.67. The highest BCUT2D eigenvalue weighted by Crippen LogP contribution is 2.16. The lowest BCUT2D eigenvalue weighted by atomic mass is 10.1. The Balaban J connectivity index is 1.34. The largest absolute Gasteiger partial charge is 0.494 e. The van der Waals surface area contributed by atoms with E-state index >= 15 is 0 Å². The van der Waals surface area contributed by atoms with Crippen molar-refractivity contribution in [1.82, 2.24) is 4.90 Å². The van der Waals surface area contributed by atoms with Gasteiger partial charge in [0.15, 0.2) is 5.78 Å². The number of ether oxygens (including phenoxy) is 1. The Labute approximate surface area is 156 Å². The van der Waals surface area contributed by atoms with Gasteiger partial charge in [-0.3, -0.25) is 9.69 Å². The predicted molar refractivity (Wildman–Crippen MR) is 106 cm³/mol. The number of benzene rings is 2. The molecule has 2 aromatic rings. The number of rotatable bonds is 8. The number of hydrogen-bond donors (Lipinski definition) is 0. The molecule has 0 spiro atoms. The lowest BCUT2D eigenvalue weighted by molar-refractivity contribution is 0.0988. The van der Waals surface area contributed by atoms with Crippen LogP contribution >= 0.6 is 0 Å². The maximum atomic E-state index is 11.6. The maximum absolute atomic E-state index is 11.6. The smallest absolute Gasteiger partial charge is 0.162 e. The second kappa shape index (κ2) is 9.39. The van der Waals surface area contributed by atoms with Gasteiger partial charge in [0.05, 0.1) is 6.61 Å². The first-order valence-electron chi connectivity index (χ1n) is 9.54. The summed E-state index contributed by atoms with van der Waals surface area (Å²) in [5.74, 6) is 1.01. The van der Waals surface area contributed by atoms with Gasteiger partial charge in [0, 0.05) is 50.4 Å². The average molecular weight is 352 g/mol. The van der Waals surface area contributed by atoms with E-state index in [9.17, 15) is 4.79 Å². The van der Waals surface area contributed by atoms with Gasteiger partial charge < -0.3 is 9.64 Å². The predicted octanol–water partition coefficient (Wildman–Crippen LogP) is 3.87. The van der Waals surface area contributed by atoms with Gasteiger partial charge in [-0.25, -0.2) is 0 Å². The summed E-state index contributed by atoms with van der Waals surface area (Å²) in [7, 11) is 0. The van der Waals surface area contributed by atoms with Crippen LogP contribution in [0, 0.1) is 0 Å². The zero-order chi connectivity index (χ0) is 18.2. The summed E-state index contributed by atoms with van der Waals surface area (Å²) in [6.07, 6.45) is 1.55. The molecule has 0 radical (unpaired) electrons. The van der Waals surface area contributed by atoms with Crippen LogP contribution in [0.4, 0.5) is 5.69 Å². The minimum Gasteiger partial charge on any atom is -0.494 e. The minimum atomic E-state index is 0.172. The molecule has 26 heavy (non-hydrogen) atoms. The standard InChI is InChI=1S/C22H28N2O2/c1-2-22(25)19-9-11-21(12-10-19)26-18-6-13-23-14-16-24(17-15-23)20-7-4-3-5-8-20/h3-5,7-12H,2,6,13-18H2,1H3. The van der Waals surface area contributed by atoms with E-state index in [-0.39, 0.29) is 5.78 Å². The summed E-state index contributed by atoms with van der Waals surface area (Å²) in [6, 6.07) is 18.1. The molecule has 4 heteroatoms. The van der Waals surface area contributed by atoms with Crippen LogP contribution in [0.3, 0.4) is 0 Å². The number of para-hydroxylation sites is 1. The molecule has 1 heterocycles. The van der Waals surface area contributed by atoms with E-state index in [4.69, 9.17) is 4.74 Å². The monoisotopic (exact) mass is 352 g/mol. The number of ketones is 1. The number of anilines is 1. The molecule has 4 nitrogen and oxygen atoms in total. The molecule has 3 rings (SSSR count). The Morgan fingerprint density at radius 3 is 2.31 bits per heavy atom. The molecular formula is C22H28N2O2. The van der Waals surface area contributed by atoms with Gasteiger partial charge in [0.2, 0.25) is 0 Å². The Morgan fingerprint density at radius 1 is 0.962 bits per heavy atom.